The van der Waals surface area contributed by atoms with E-state index in [4.69, 9.17) is 14.2 Å². The minimum Gasteiger partial charge on any atom is -0.426 e. The number of Topliss-reactive ketones (excluding diaryl/α,β-unsaturated/α-hetero) is 2. The molecule has 0 unspecified atom stereocenters. The van der Waals surface area contributed by atoms with Gasteiger partial charge in [-0.1, -0.05) is 12.1 Å². The summed E-state index contributed by atoms with van der Waals surface area (Å²) in [6.45, 7) is 6.02. The molecule has 0 bridgehead atoms. The number of ether oxygens (including phenoxy) is 3. The van der Waals surface area contributed by atoms with Crippen LogP contribution in [0.15, 0.2) is 18.2 Å². The quantitative estimate of drug-likeness (QED) is 0.250. The zero-order chi connectivity index (χ0) is 20.9. The zero-order valence-corrected chi connectivity index (χ0v) is 15.9. The van der Waals surface area contributed by atoms with E-state index >= 15 is 0 Å². The minimum absolute atomic E-state index is 0.0148. The molecule has 8 heteroatoms. The fourth-order valence-electron chi connectivity index (χ4n) is 4.31. The van der Waals surface area contributed by atoms with Gasteiger partial charge in [-0.3, -0.25) is 19.2 Å². The smallest absolute Gasteiger partial charge is 0.308 e. The molecule has 1 aliphatic heterocycles. The van der Waals surface area contributed by atoms with Crippen LogP contribution in [0.4, 0.5) is 0 Å². The third-order valence-electron chi connectivity index (χ3n) is 5.13. The van der Waals surface area contributed by atoms with Gasteiger partial charge in [0.2, 0.25) is 5.78 Å². The Kier molecular flexibility index (Phi) is 4.81. The second kappa shape index (κ2) is 6.72. The number of hydrogen-bond donors (Lipinski definition) is 0. The average molecular weight is 388 g/mol. The zero-order valence-electron chi connectivity index (χ0n) is 15.9. The van der Waals surface area contributed by atoms with Crippen molar-refractivity contribution in [2.75, 3.05) is 0 Å². The molecule has 1 aliphatic carbocycles. The molecule has 0 radical (unpaired) electrons. The predicted molar refractivity (Wildman–Crippen MR) is 93.6 cm³/mol. The van der Waals surface area contributed by atoms with Crippen LogP contribution in [0.5, 0.6) is 5.75 Å². The molecular formula is C20H20O8. The van der Waals surface area contributed by atoms with Gasteiger partial charge in [-0.15, -0.1) is 0 Å². The van der Waals surface area contributed by atoms with Crippen LogP contribution in [0.25, 0.3) is 0 Å². The summed E-state index contributed by atoms with van der Waals surface area (Å²) in [5.41, 5.74) is -0.978. The maximum absolute atomic E-state index is 13.2. The van der Waals surface area contributed by atoms with Crippen molar-refractivity contribution >= 4 is 30.1 Å². The van der Waals surface area contributed by atoms with Gasteiger partial charge in [-0.25, -0.2) is 0 Å². The summed E-state index contributed by atoms with van der Waals surface area (Å²) in [6, 6.07) is 4.61. The first-order chi connectivity index (χ1) is 13.1. The molecule has 0 saturated carbocycles. The highest BCUT2D eigenvalue weighted by molar-refractivity contribution is 6.34. The Bertz CT molecular complexity index is 886. The van der Waals surface area contributed by atoms with Gasteiger partial charge in [0.1, 0.15) is 23.7 Å². The molecule has 8 nitrogen and oxygen atoms in total. The highest BCUT2D eigenvalue weighted by atomic mass is 16.7. The van der Waals surface area contributed by atoms with Crippen molar-refractivity contribution in [3.8, 4) is 5.75 Å². The first-order valence-electron chi connectivity index (χ1n) is 8.74. The Hall–Kier alpha value is -2.71. The summed E-state index contributed by atoms with van der Waals surface area (Å²) in [7, 11) is 0. The molecule has 2 aliphatic rings. The highest BCUT2D eigenvalue weighted by Gasteiger charge is 2.61. The van der Waals surface area contributed by atoms with Crippen molar-refractivity contribution in [3.63, 3.8) is 0 Å². The van der Waals surface area contributed by atoms with Crippen molar-refractivity contribution in [3.05, 3.63) is 29.3 Å². The molecule has 1 aromatic rings. The van der Waals surface area contributed by atoms with Crippen LogP contribution in [0.1, 0.15) is 43.6 Å². The molecule has 0 aromatic heterocycles. The van der Waals surface area contributed by atoms with E-state index in [1.165, 1.54) is 13.0 Å². The maximum Gasteiger partial charge on any atom is 0.308 e. The lowest BCUT2D eigenvalue weighted by Crippen LogP contribution is -2.63. The lowest BCUT2D eigenvalue weighted by atomic mass is 9.62. The number of rotatable bonds is 4. The first-order valence-corrected chi connectivity index (χ1v) is 8.74. The lowest BCUT2D eigenvalue weighted by Gasteiger charge is -2.54. The van der Waals surface area contributed by atoms with Crippen molar-refractivity contribution in [2.45, 2.75) is 45.2 Å². The molecule has 1 heterocycles. The fourth-order valence-corrected chi connectivity index (χ4v) is 4.31. The summed E-state index contributed by atoms with van der Waals surface area (Å²) in [4.78, 5) is 60.2. The SMILES string of the molecule is CC(=O)Oc1cccc2c1C(=O)[C@H](C(=O)C=O)[C@H]1[C@@H](C=O)OC(C)(C)O[C@]21C. The summed E-state index contributed by atoms with van der Waals surface area (Å²) >= 11 is 0. The molecule has 4 atom stereocenters. The molecule has 28 heavy (non-hydrogen) atoms. The number of aldehydes is 2. The van der Waals surface area contributed by atoms with E-state index in [2.05, 4.69) is 0 Å². The standard InChI is InChI=1S/C20H20O8/c1-10(23)26-13-7-5-6-11-15(13)18(25)16(12(24)8-21)17-14(9-22)27-19(2,3)28-20(11,17)4/h5-9,14,16-17H,1-4H3/t14-,16-,17-,20-/m1/s1. The van der Waals surface area contributed by atoms with Crippen LogP contribution >= 0.6 is 0 Å². The Labute approximate surface area is 161 Å². The van der Waals surface area contributed by atoms with E-state index in [-0.39, 0.29) is 17.6 Å². The second-order valence-corrected chi connectivity index (χ2v) is 7.49. The van der Waals surface area contributed by atoms with Gasteiger partial charge in [0, 0.05) is 12.8 Å². The van der Waals surface area contributed by atoms with Gasteiger partial charge in [-0.05, 0) is 32.4 Å². The Morgan fingerprint density at radius 1 is 1.18 bits per heavy atom. The van der Waals surface area contributed by atoms with Gasteiger partial charge in [0.15, 0.2) is 17.9 Å². The lowest BCUT2D eigenvalue weighted by molar-refractivity contribution is -0.353. The Morgan fingerprint density at radius 2 is 1.86 bits per heavy atom. The predicted octanol–water partition coefficient (Wildman–Crippen LogP) is 1.37. The van der Waals surface area contributed by atoms with Crippen LogP contribution in [0, 0.1) is 11.8 Å². The topological polar surface area (TPSA) is 113 Å². The number of hydrogen-bond acceptors (Lipinski definition) is 8. The van der Waals surface area contributed by atoms with Crippen LogP contribution in [0.2, 0.25) is 0 Å². The highest BCUT2D eigenvalue weighted by Crippen LogP contribution is 2.54. The van der Waals surface area contributed by atoms with E-state index < -0.39 is 46.9 Å². The number of carbonyl (C=O) groups is 5. The van der Waals surface area contributed by atoms with Crippen LogP contribution in [0.3, 0.4) is 0 Å². The van der Waals surface area contributed by atoms with Crippen molar-refractivity contribution in [1.82, 2.24) is 0 Å². The van der Waals surface area contributed by atoms with E-state index in [0.29, 0.717) is 11.8 Å². The van der Waals surface area contributed by atoms with E-state index in [0.717, 1.165) is 0 Å². The summed E-state index contributed by atoms with van der Waals surface area (Å²) in [5, 5.41) is 0. The molecule has 148 valence electrons. The van der Waals surface area contributed by atoms with Crippen LogP contribution < -0.4 is 4.74 Å². The molecule has 0 spiro atoms. The van der Waals surface area contributed by atoms with E-state index in [1.807, 2.05) is 0 Å². The summed E-state index contributed by atoms with van der Waals surface area (Å²) in [6.07, 6.45) is -0.603. The average Bonchev–Trinajstić information content (AvgIpc) is 2.60. The van der Waals surface area contributed by atoms with Crippen molar-refractivity contribution in [2.24, 2.45) is 11.8 Å². The number of esters is 1. The molecule has 0 amide bonds. The number of benzene rings is 1. The number of fused-ring (bicyclic) bond motifs is 3. The van der Waals surface area contributed by atoms with Crippen LogP contribution in [-0.4, -0.2) is 42.0 Å². The molecule has 1 aromatic carbocycles. The number of ketones is 2. The van der Waals surface area contributed by atoms with Gasteiger partial charge in [0.25, 0.3) is 0 Å². The molecule has 0 N–H and O–H groups in total. The minimum atomic E-state index is -1.50. The third kappa shape index (κ3) is 2.98. The summed E-state index contributed by atoms with van der Waals surface area (Å²) < 4.78 is 16.9. The van der Waals surface area contributed by atoms with Gasteiger partial charge < -0.3 is 19.0 Å². The monoisotopic (exact) mass is 388 g/mol. The van der Waals surface area contributed by atoms with E-state index in [1.54, 1.807) is 32.9 Å². The Morgan fingerprint density at radius 3 is 2.43 bits per heavy atom. The van der Waals surface area contributed by atoms with Crippen LogP contribution in [-0.2, 0) is 34.3 Å². The number of carbonyl (C=O) groups excluding carboxylic acids is 5. The molecule has 1 saturated heterocycles. The van der Waals surface area contributed by atoms with Crippen molar-refractivity contribution in [1.29, 1.82) is 0 Å². The Balaban J connectivity index is 2.33. The molecule has 1 fully saturated rings. The third-order valence-corrected chi connectivity index (χ3v) is 5.13. The van der Waals surface area contributed by atoms with Gasteiger partial charge in [0.05, 0.1) is 11.5 Å². The summed E-state index contributed by atoms with van der Waals surface area (Å²) in [5.74, 6) is -6.16. The van der Waals surface area contributed by atoms with Crippen molar-refractivity contribution < 1.29 is 38.2 Å². The van der Waals surface area contributed by atoms with Gasteiger partial charge >= 0.3 is 5.97 Å². The normalized spacial score (nSPS) is 30.6. The largest absolute Gasteiger partial charge is 0.426 e. The maximum atomic E-state index is 13.2. The first kappa shape index (κ1) is 20.0. The molecular weight excluding hydrogens is 368 g/mol. The fraction of sp³-hybridized carbons (Fsp3) is 0.450. The second-order valence-electron chi connectivity index (χ2n) is 7.49. The van der Waals surface area contributed by atoms with Gasteiger partial charge in [-0.2, -0.15) is 0 Å². The molecule has 3 rings (SSSR count). The van der Waals surface area contributed by atoms with E-state index in [9.17, 15) is 24.0 Å².